The van der Waals surface area contributed by atoms with Crippen LogP contribution < -0.4 is 10.0 Å². The minimum Gasteiger partial charge on any atom is -0.266 e. The smallest absolute Gasteiger partial charge is 0.266 e. The standard InChI is InChI=1S/C15H11F2N3O3S2/c1-8-2-9(6-19-5-8)20-13(7-24-15(20)21)10-3-12(17)14(4-11(10)16)25(18,22)23/h2-7H,1H3,(H2,18,22,23). The molecule has 2 heterocycles. The second-order valence-corrected chi connectivity index (χ2v) is 7.60. The molecule has 0 bridgehead atoms. The van der Waals surface area contributed by atoms with E-state index >= 15 is 0 Å². The van der Waals surface area contributed by atoms with Crippen LogP contribution in [0.25, 0.3) is 16.9 Å². The van der Waals surface area contributed by atoms with Gasteiger partial charge in [0.1, 0.15) is 16.5 Å². The van der Waals surface area contributed by atoms with E-state index < -0.39 is 31.4 Å². The average Bonchev–Trinajstić information content (AvgIpc) is 2.89. The molecule has 0 saturated heterocycles. The molecule has 0 aliphatic carbocycles. The fourth-order valence-electron chi connectivity index (χ4n) is 2.34. The maximum absolute atomic E-state index is 14.4. The number of thiazole rings is 1. The molecule has 0 aliphatic heterocycles. The number of nitrogens with two attached hydrogens (primary N) is 1. The van der Waals surface area contributed by atoms with Gasteiger partial charge in [0.25, 0.3) is 0 Å². The Labute approximate surface area is 145 Å². The zero-order valence-electron chi connectivity index (χ0n) is 12.7. The summed E-state index contributed by atoms with van der Waals surface area (Å²) < 4.78 is 52.3. The van der Waals surface area contributed by atoms with Crippen molar-refractivity contribution in [3.8, 4) is 16.9 Å². The van der Waals surface area contributed by atoms with Gasteiger partial charge in [-0.3, -0.25) is 14.3 Å². The second kappa shape index (κ2) is 6.14. The summed E-state index contributed by atoms with van der Waals surface area (Å²) in [7, 11) is -4.41. The fourth-order valence-corrected chi connectivity index (χ4v) is 3.70. The van der Waals surface area contributed by atoms with Crippen LogP contribution in [0, 0.1) is 18.6 Å². The van der Waals surface area contributed by atoms with Crippen LogP contribution in [0.15, 0.2) is 45.7 Å². The van der Waals surface area contributed by atoms with Gasteiger partial charge in [0, 0.05) is 17.1 Å². The highest BCUT2D eigenvalue weighted by atomic mass is 32.2. The minimum absolute atomic E-state index is 0.0831. The average molecular weight is 383 g/mol. The van der Waals surface area contributed by atoms with E-state index in [0.29, 0.717) is 17.8 Å². The summed E-state index contributed by atoms with van der Waals surface area (Å²) in [6.45, 7) is 1.77. The number of aromatic nitrogens is 2. The van der Waals surface area contributed by atoms with Crippen molar-refractivity contribution in [1.82, 2.24) is 9.55 Å². The van der Waals surface area contributed by atoms with E-state index in [1.54, 1.807) is 19.2 Å². The summed E-state index contributed by atoms with van der Waals surface area (Å²) in [6, 6.07) is 2.87. The maximum Gasteiger partial charge on any atom is 0.312 e. The number of sulfonamides is 1. The van der Waals surface area contributed by atoms with Crippen molar-refractivity contribution in [3.63, 3.8) is 0 Å². The summed E-state index contributed by atoms with van der Waals surface area (Å²) in [5, 5.41) is 6.22. The number of aryl methyl sites for hydroxylation is 1. The first-order chi connectivity index (χ1) is 11.7. The van der Waals surface area contributed by atoms with Gasteiger partial charge in [-0.05, 0) is 30.7 Å². The van der Waals surface area contributed by atoms with Gasteiger partial charge in [0.2, 0.25) is 10.0 Å². The highest BCUT2D eigenvalue weighted by Gasteiger charge is 2.22. The second-order valence-electron chi connectivity index (χ2n) is 5.25. The Morgan fingerprint density at radius 3 is 2.52 bits per heavy atom. The van der Waals surface area contributed by atoms with Crippen LogP contribution in [-0.4, -0.2) is 18.0 Å². The predicted molar refractivity (Wildman–Crippen MR) is 89.2 cm³/mol. The molecule has 2 aromatic heterocycles. The zero-order chi connectivity index (χ0) is 18.4. The van der Waals surface area contributed by atoms with Crippen molar-refractivity contribution >= 4 is 21.4 Å². The van der Waals surface area contributed by atoms with E-state index in [2.05, 4.69) is 4.98 Å². The molecule has 10 heteroatoms. The Kier molecular flexibility index (Phi) is 4.27. The SMILES string of the molecule is Cc1cncc(-n2c(-c3cc(F)c(S(N)(=O)=O)cc3F)csc2=O)c1. The Bertz CT molecular complexity index is 1140. The number of halogens is 2. The molecule has 130 valence electrons. The third kappa shape index (κ3) is 3.23. The lowest BCUT2D eigenvalue weighted by Gasteiger charge is -2.10. The first kappa shape index (κ1) is 17.4. The van der Waals surface area contributed by atoms with Crippen molar-refractivity contribution < 1.29 is 17.2 Å². The molecule has 0 saturated carbocycles. The predicted octanol–water partition coefficient (Wildman–Crippen LogP) is 2.20. The molecule has 6 nitrogen and oxygen atoms in total. The molecular formula is C15H11F2N3O3S2. The molecule has 0 radical (unpaired) electrons. The Morgan fingerprint density at radius 1 is 1.16 bits per heavy atom. The lowest BCUT2D eigenvalue weighted by Crippen LogP contribution is -2.16. The van der Waals surface area contributed by atoms with Gasteiger partial charge in [-0.2, -0.15) is 0 Å². The molecule has 0 atom stereocenters. The summed E-state index contributed by atoms with van der Waals surface area (Å²) in [6.07, 6.45) is 3.00. The number of pyridine rings is 1. The van der Waals surface area contributed by atoms with Crippen molar-refractivity contribution in [1.29, 1.82) is 0 Å². The quantitative estimate of drug-likeness (QED) is 0.750. The van der Waals surface area contributed by atoms with Crippen molar-refractivity contribution in [2.75, 3.05) is 0 Å². The summed E-state index contributed by atoms with van der Waals surface area (Å²) >= 11 is 0.798. The third-order valence-corrected chi connectivity index (χ3v) is 5.07. The Hall–Kier alpha value is -2.43. The van der Waals surface area contributed by atoms with E-state index in [1.165, 1.54) is 16.1 Å². The maximum atomic E-state index is 14.4. The summed E-state index contributed by atoms with van der Waals surface area (Å²) in [5.41, 5.74) is 0.985. The van der Waals surface area contributed by atoms with Crippen LogP contribution in [0.3, 0.4) is 0 Å². The van der Waals surface area contributed by atoms with E-state index in [-0.39, 0.29) is 11.3 Å². The number of benzene rings is 1. The summed E-state index contributed by atoms with van der Waals surface area (Å²) in [5.74, 6) is -2.22. The number of nitrogens with zero attached hydrogens (tertiary/aromatic N) is 2. The number of rotatable bonds is 3. The molecule has 0 unspecified atom stereocenters. The van der Waals surface area contributed by atoms with Crippen LogP contribution >= 0.6 is 11.3 Å². The molecule has 25 heavy (non-hydrogen) atoms. The molecule has 0 spiro atoms. The lowest BCUT2D eigenvalue weighted by atomic mass is 10.1. The Morgan fingerprint density at radius 2 is 1.88 bits per heavy atom. The van der Waals surface area contributed by atoms with Gasteiger partial charge in [0.15, 0.2) is 0 Å². The molecule has 0 fully saturated rings. The highest BCUT2D eigenvalue weighted by molar-refractivity contribution is 7.89. The van der Waals surface area contributed by atoms with E-state index in [0.717, 1.165) is 16.9 Å². The van der Waals surface area contributed by atoms with Crippen molar-refractivity contribution in [2.24, 2.45) is 5.14 Å². The van der Waals surface area contributed by atoms with E-state index in [1.807, 2.05) is 0 Å². The largest absolute Gasteiger partial charge is 0.312 e. The topological polar surface area (TPSA) is 95.1 Å². The normalized spacial score (nSPS) is 11.7. The number of primary sulfonamides is 1. The van der Waals surface area contributed by atoms with Gasteiger partial charge in [-0.15, -0.1) is 0 Å². The van der Waals surface area contributed by atoms with Crippen LogP contribution in [0.5, 0.6) is 0 Å². The number of hydrogen-bond acceptors (Lipinski definition) is 5. The third-order valence-electron chi connectivity index (χ3n) is 3.42. The van der Waals surface area contributed by atoms with Gasteiger partial charge >= 0.3 is 4.87 Å². The molecular weight excluding hydrogens is 372 g/mol. The van der Waals surface area contributed by atoms with Crippen molar-refractivity contribution in [2.45, 2.75) is 11.8 Å². The molecule has 3 aromatic rings. The molecule has 2 N–H and O–H groups in total. The van der Waals surface area contributed by atoms with Gasteiger partial charge < -0.3 is 0 Å². The first-order valence-corrected chi connectivity index (χ1v) is 9.26. The van der Waals surface area contributed by atoms with E-state index in [9.17, 15) is 22.0 Å². The van der Waals surface area contributed by atoms with Crippen LogP contribution in [0.4, 0.5) is 8.78 Å². The minimum atomic E-state index is -4.41. The van der Waals surface area contributed by atoms with Crippen LogP contribution in [0.1, 0.15) is 5.56 Å². The van der Waals surface area contributed by atoms with Crippen molar-refractivity contribution in [3.05, 3.63) is 62.8 Å². The molecule has 1 aromatic carbocycles. The highest BCUT2D eigenvalue weighted by Crippen LogP contribution is 2.29. The fraction of sp³-hybridized carbons (Fsp3) is 0.0667. The number of hydrogen-bond donors (Lipinski definition) is 1. The summed E-state index contributed by atoms with van der Waals surface area (Å²) in [4.78, 5) is 14.8. The van der Waals surface area contributed by atoms with E-state index in [4.69, 9.17) is 5.14 Å². The van der Waals surface area contributed by atoms with Gasteiger partial charge in [-0.1, -0.05) is 11.3 Å². The van der Waals surface area contributed by atoms with Crippen LogP contribution in [0.2, 0.25) is 0 Å². The zero-order valence-corrected chi connectivity index (χ0v) is 14.4. The first-order valence-electron chi connectivity index (χ1n) is 6.83. The van der Waals surface area contributed by atoms with Gasteiger partial charge in [-0.25, -0.2) is 22.3 Å². The Balaban J connectivity index is 2.26. The van der Waals surface area contributed by atoms with Gasteiger partial charge in [0.05, 0.1) is 17.6 Å². The van der Waals surface area contributed by atoms with Crippen LogP contribution in [-0.2, 0) is 10.0 Å². The monoisotopic (exact) mass is 383 g/mol. The molecule has 3 rings (SSSR count). The molecule has 0 aliphatic rings. The molecule has 0 amide bonds. The lowest BCUT2D eigenvalue weighted by molar-refractivity contribution is 0.555.